The molecule has 4 nitrogen and oxygen atoms in total. The fourth-order valence-electron chi connectivity index (χ4n) is 3.49. The van der Waals surface area contributed by atoms with Gasteiger partial charge in [-0.3, -0.25) is 4.79 Å². The van der Waals surface area contributed by atoms with Gasteiger partial charge in [0.05, 0.1) is 19.3 Å². The average Bonchev–Trinajstić information content (AvgIpc) is 2.63. The number of amides is 1. The maximum Gasteiger partial charge on any atom is 0.238 e. The van der Waals surface area contributed by atoms with Crippen molar-refractivity contribution >= 4 is 11.6 Å². The van der Waals surface area contributed by atoms with E-state index in [-0.39, 0.29) is 18.6 Å². The lowest BCUT2D eigenvalue weighted by Gasteiger charge is -2.26. The molecule has 2 aromatic rings. The Morgan fingerprint density at radius 2 is 2.00 bits per heavy atom. The maximum atomic E-state index is 12.4. The average molecular weight is 352 g/mol. The van der Waals surface area contributed by atoms with E-state index in [4.69, 9.17) is 4.74 Å². The molecule has 0 spiro atoms. The van der Waals surface area contributed by atoms with Crippen LogP contribution in [-0.4, -0.2) is 25.6 Å². The molecule has 3 rings (SSSR count). The third kappa shape index (κ3) is 4.32. The third-order valence-electron chi connectivity index (χ3n) is 4.90. The van der Waals surface area contributed by atoms with Crippen LogP contribution in [0.15, 0.2) is 42.5 Å². The van der Waals surface area contributed by atoms with E-state index >= 15 is 0 Å². The molecule has 0 saturated heterocycles. The molecule has 0 saturated carbocycles. The van der Waals surface area contributed by atoms with Crippen molar-refractivity contribution in [2.75, 3.05) is 25.0 Å². The predicted octanol–water partition coefficient (Wildman–Crippen LogP) is 3.96. The number of anilines is 1. The van der Waals surface area contributed by atoms with Crippen LogP contribution in [0.3, 0.4) is 0 Å². The van der Waals surface area contributed by atoms with E-state index in [0.717, 1.165) is 24.3 Å². The first-order chi connectivity index (χ1) is 12.6. The van der Waals surface area contributed by atoms with Crippen molar-refractivity contribution in [1.82, 2.24) is 5.32 Å². The second kappa shape index (κ2) is 8.47. The SMILES string of the molecule is Cc1cccc(C(C)C)c1NC(=O)CNC[C@H]1OCCc2ccccc21. The van der Waals surface area contributed by atoms with Crippen molar-refractivity contribution in [3.63, 3.8) is 0 Å². The Morgan fingerprint density at radius 3 is 2.81 bits per heavy atom. The first-order valence-corrected chi connectivity index (χ1v) is 9.35. The van der Waals surface area contributed by atoms with Gasteiger partial charge >= 0.3 is 0 Å². The first kappa shape index (κ1) is 18.6. The highest BCUT2D eigenvalue weighted by molar-refractivity contribution is 5.93. The highest BCUT2D eigenvalue weighted by Crippen LogP contribution is 2.28. The van der Waals surface area contributed by atoms with Gasteiger partial charge in [0.15, 0.2) is 0 Å². The summed E-state index contributed by atoms with van der Waals surface area (Å²) >= 11 is 0. The molecule has 1 atom stereocenters. The van der Waals surface area contributed by atoms with Crippen LogP contribution in [0, 0.1) is 6.92 Å². The standard InChI is InChI=1S/C22H28N2O2/c1-15(2)18-10-6-7-16(3)22(18)24-21(25)14-23-13-20-19-9-5-4-8-17(19)11-12-26-20/h4-10,15,20,23H,11-14H2,1-3H3,(H,24,25)/t20-/m1/s1. The molecule has 2 aromatic carbocycles. The minimum atomic E-state index is -0.0229. The number of para-hydroxylation sites is 1. The first-order valence-electron chi connectivity index (χ1n) is 9.35. The lowest BCUT2D eigenvalue weighted by atomic mass is 9.97. The van der Waals surface area contributed by atoms with Crippen LogP contribution in [0.25, 0.3) is 0 Å². The van der Waals surface area contributed by atoms with Crippen LogP contribution in [0.1, 0.15) is 48.1 Å². The number of nitrogens with one attached hydrogen (secondary N) is 2. The molecule has 1 aliphatic heterocycles. The Balaban J connectivity index is 1.56. The summed E-state index contributed by atoms with van der Waals surface area (Å²) in [6.07, 6.45) is 0.968. The van der Waals surface area contributed by atoms with Gasteiger partial charge in [-0.1, -0.05) is 56.3 Å². The van der Waals surface area contributed by atoms with Crippen molar-refractivity contribution in [1.29, 1.82) is 0 Å². The van der Waals surface area contributed by atoms with E-state index < -0.39 is 0 Å². The molecule has 0 radical (unpaired) electrons. The number of carbonyl (C=O) groups is 1. The summed E-state index contributed by atoms with van der Waals surface area (Å²) in [6, 6.07) is 14.5. The lowest BCUT2D eigenvalue weighted by molar-refractivity contribution is -0.115. The van der Waals surface area contributed by atoms with Crippen LogP contribution >= 0.6 is 0 Å². The largest absolute Gasteiger partial charge is 0.372 e. The van der Waals surface area contributed by atoms with Gasteiger partial charge in [0, 0.05) is 12.2 Å². The molecule has 1 aliphatic rings. The van der Waals surface area contributed by atoms with Crippen molar-refractivity contribution in [3.8, 4) is 0 Å². The minimum absolute atomic E-state index is 0.0115. The molecule has 1 heterocycles. The summed E-state index contributed by atoms with van der Waals surface area (Å²) in [4.78, 5) is 12.4. The molecule has 0 bridgehead atoms. The van der Waals surface area contributed by atoms with Crippen molar-refractivity contribution < 1.29 is 9.53 Å². The molecule has 138 valence electrons. The van der Waals surface area contributed by atoms with Gasteiger partial charge in [0.25, 0.3) is 0 Å². The summed E-state index contributed by atoms with van der Waals surface area (Å²) in [6.45, 7) is 7.95. The zero-order chi connectivity index (χ0) is 18.5. The van der Waals surface area contributed by atoms with E-state index in [9.17, 15) is 4.79 Å². The van der Waals surface area contributed by atoms with Crippen LogP contribution in [0.2, 0.25) is 0 Å². The highest BCUT2D eigenvalue weighted by atomic mass is 16.5. The number of hydrogen-bond donors (Lipinski definition) is 2. The fraction of sp³-hybridized carbons (Fsp3) is 0.409. The Labute approximate surface area is 156 Å². The topological polar surface area (TPSA) is 50.4 Å². The summed E-state index contributed by atoms with van der Waals surface area (Å²) in [7, 11) is 0. The number of rotatable bonds is 6. The molecule has 2 N–H and O–H groups in total. The Kier molecular flexibility index (Phi) is 6.07. The Morgan fingerprint density at radius 1 is 1.19 bits per heavy atom. The number of carbonyl (C=O) groups excluding carboxylic acids is 1. The molecule has 26 heavy (non-hydrogen) atoms. The zero-order valence-corrected chi connectivity index (χ0v) is 15.8. The van der Waals surface area contributed by atoms with Gasteiger partial charge in [-0.25, -0.2) is 0 Å². The van der Waals surface area contributed by atoms with E-state index in [1.54, 1.807) is 0 Å². The lowest BCUT2D eigenvalue weighted by Crippen LogP contribution is -2.33. The minimum Gasteiger partial charge on any atom is -0.372 e. The summed E-state index contributed by atoms with van der Waals surface area (Å²) in [5, 5.41) is 6.32. The number of benzene rings is 2. The van der Waals surface area contributed by atoms with Gasteiger partial charge in [-0.15, -0.1) is 0 Å². The number of fused-ring (bicyclic) bond motifs is 1. The number of aryl methyl sites for hydroxylation is 1. The molecular weight excluding hydrogens is 324 g/mol. The normalized spacial score (nSPS) is 16.4. The molecule has 0 aromatic heterocycles. The second-order valence-electron chi connectivity index (χ2n) is 7.18. The zero-order valence-electron chi connectivity index (χ0n) is 15.8. The van der Waals surface area contributed by atoms with E-state index in [0.29, 0.717) is 12.5 Å². The van der Waals surface area contributed by atoms with Crippen LogP contribution in [0.5, 0.6) is 0 Å². The van der Waals surface area contributed by atoms with Gasteiger partial charge in [-0.05, 0) is 41.5 Å². The quantitative estimate of drug-likeness (QED) is 0.827. The number of hydrogen-bond acceptors (Lipinski definition) is 3. The van der Waals surface area contributed by atoms with Crippen LogP contribution < -0.4 is 10.6 Å². The van der Waals surface area contributed by atoms with Gasteiger partial charge in [-0.2, -0.15) is 0 Å². The van der Waals surface area contributed by atoms with Crippen molar-refractivity contribution in [2.45, 2.75) is 39.2 Å². The van der Waals surface area contributed by atoms with E-state index in [1.165, 1.54) is 16.7 Å². The van der Waals surface area contributed by atoms with Crippen molar-refractivity contribution in [3.05, 3.63) is 64.7 Å². The van der Waals surface area contributed by atoms with Gasteiger partial charge in [0.1, 0.15) is 0 Å². The van der Waals surface area contributed by atoms with Crippen molar-refractivity contribution in [2.24, 2.45) is 0 Å². The second-order valence-corrected chi connectivity index (χ2v) is 7.18. The van der Waals surface area contributed by atoms with Gasteiger partial charge < -0.3 is 15.4 Å². The molecule has 0 fully saturated rings. The fourth-order valence-corrected chi connectivity index (χ4v) is 3.49. The summed E-state index contributed by atoms with van der Waals surface area (Å²) in [5.41, 5.74) is 5.77. The van der Waals surface area contributed by atoms with E-state index in [2.05, 4.69) is 48.7 Å². The van der Waals surface area contributed by atoms with Gasteiger partial charge in [0.2, 0.25) is 5.91 Å². The maximum absolute atomic E-state index is 12.4. The smallest absolute Gasteiger partial charge is 0.238 e. The van der Waals surface area contributed by atoms with E-state index in [1.807, 2.05) is 25.1 Å². The predicted molar refractivity (Wildman–Crippen MR) is 106 cm³/mol. The van der Waals surface area contributed by atoms with Crippen LogP contribution in [-0.2, 0) is 16.0 Å². The Bertz CT molecular complexity index is 770. The third-order valence-corrected chi connectivity index (χ3v) is 4.90. The number of ether oxygens (including phenoxy) is 1. The summed E-state index contributed by atoms with van der Waals surface area (Å²) < 4.78 is 5.88. The molecule has 0 unspecified atom stereocenters. The molecule has 1 amide bonds. The monoisotopic (exact) mass is 352 g/mol. The Hall–Kier alpha value is -2.17. The van der Waals surface area contributed by atoms with Crippen LogP contribution in [0.4, 0.5) is 5.69 Å². The molecular formula is C22H28N2O2. The molecule has 4 heteroatoms. The summed E-state index contributed by atoms with van der Waals surface area (Å²) in [5.74, 6) is 0.343. The highest BCUT2D eigenvalue weighted by Gasteiger charge is 2.20. The molecule has 0 aliphatic carbocycles.